The normalized spacial score (nSPS) is 9.71. The van der Waals surface area contributed by atoms with E-state index in [1.54, 1.807) is 30.3 Å². The van der Waals surface area contributed by atoms with Crippen molar-refractivity contribution in [1.29, 1.82) is 5.26 Å². The Hall–Kier alpha value is -2.08. The Bertz CT molecular complexity index is 385. The van der Waals surface area contributed by atoms with Gasteiger partial charge in [0.15, 0.2) is 0 Å². The molecular weight excluding hydrogens is 178 g/mol. The minimum atomic E-state index is -0.394. The third kappa shape index (κ3) is 2.76. The topological polar surface area (TPSA) is 50.1 Å². The Morgan fingerprint density at radius 1 is 1.43 bits per heavy atom. The summed E-state index contributed by atoms with van der Waals surface area (Å²) in [6.07, 6.45) is 2.97. The SMILES string of the molecule is COC(=O)/C=C/c1ccc(C#N)cc1. The standard InChI is InChI=1S/C11H9NO2/c1-14-11(13)7-6-9-2-4-10(8-12)5-3-9/h2-7H,1H3/b7-6+. The van der Waals surface area contributed by atoms with Crippen LogP contribution in [-0.4, -0.2) is 13.1 Å². The van der Waals surface area contributed by atoms with Gasteiger partial charge < -0.3 is 4.74 Å². The van der Waals surface area contributed by atoms with E-state index in [9.17, 15) is 4.79 Å². The lowest BCUT2D eigenvalue weighted by Gasteiger charge is -1.93. The van der Waals surface area contributed by atoms with E-state index in [0.717, 1.165) is 5.56 Å². The van der Waals surface area contributed by atoms with Crippen molar-refractivity contribution >= 4 is 12.0 Å². The fourth-order valence-electron chi connectivity index (χ4n) is 0.901. The van der Waals surface area contributed by atoms with Crippen molar-refractivity contribution in [3.05, 3.63) is 41.5 Å². The maximum Gasteiger partial charge on any atom is 0.330 e. The molecule has 1 aromatic rings. The van der Waals surface area contributed by atoms with E-state index in [4.69, 9.17) is 5.26 Å². The highest BCUT2D eigenvalue weighted by Crippen LogP contribution is 2.05. The summed E-state index contributed by atoms with van der Waals surface area (Å²) in [6, 6.07) is 8.92. The van der Waals surface area contributed by atoms with Crippen LogP contribution < -0.4 is 0 Å². The molecule has 0 atom stereocenters. The highest BCUT2D eigenvalue weighted by molar-refractivity contribution is 5.86. The van der Waals surface area contributed by atoms with E-state index in [2.05, 4.69) is 4.74 Å². The first kappa shape index (κ1) is 10.0. The van der Waals surface area contributed by atoms with Crippen molar-refractivity contribution in [3.63, 3.8) is 0 Å². The van der Waals surface area contributed by atoms with E-state index < -0.39 is 5.97 Å². The van der Waals surface area contributed by atoms with Crippen LogP contribution in [0.25, 0.3) is 6.08 Å². The molecule has 0 aliphatic carbocycles. The number of methoxy groups -OCH3 is 1. The predicted octanol–water partition coefficient (Wildman–Crippen LogP) is 1.74. The van der Waals surface area contributed by atoms with Gasteiger partial charge >= 0.3 is 5.97 Å². The summed E-state index contributed by atoms with van der Waals surface area (Å²) in [7, 11) is 1.32. The smallest absolute Gasteiger partial charge is 0.330 e. The van der Waals surface area contributed by atoms with Crippen LogP contribution in [0.2, 0.25) is 0 Å². The van der Waals surface area contributed by atoms with E-state index in [0.29, 0.717) is 5.56 Å². The fourth-order valence-corrected chi connectivity index (χ4v) is 0.901. The van der Waals surface area contributed by atoms with Gasteiger partial charge in [0, 0.05) is 6.08 Å². The van der Waals surface area contributed by atoms with E-state index in [1.807, 2.05) is 6.07 Å². The molecular formula is C11H9NO2. The first-order valence-corrected chi connectivity index (χ1v) is 4.02. The van der Waals surface area contributed by atoms with E-state index in [-0.39, 0.29) is 0 Å². The molecule has 14 heavy (non-hydrogen) atoms. The van der Waals surface area contributed by atoms with Crippen molar-refractivity contribution in [1.82, 2.24) is 0 Å². The van der Waals surface area contributed by atoms with Crippen LogP contribution in [-0.2, 0) is 9.53 Å². The average molecular weight is 187 g/mol. The Labute approximate surface area is 82.2 Å². The summed E-state index contributed by atoms with van der Waals surface area (Å²) in [5, 5.41) is 8.54. The average Bonchev–Trinajstić information content (AvgIpc) is 2.26. The second kappa shape index (κ2) is 4.83. The molecule has 0 spiro atoms. The van der Waals surface area contributed by atoms with Gasteiger partial charge in [-0.15, -0.1) is 0 Å². The number of nitrogens with zero attached hydrogens (tertiary/aromatic N) is 1. The van der Waals surface area contributed by atoms with Crippen molar-refractivity contribution < 1.29 is 9.53 Å². The summed E-state index contributed by atoms with van der Waals surface area (Å²) in [5.74, 6) is -0.394. The summed E-state index contributed by atoms with van der Waals surface area (Å²) < 4.78 is 4.44. The first-order valence-electron chi connectivity index (χ1n) is 4.02. The number of carbonyl (C=O) groups excluding carboxylic acids is 1. The lowest BCUT2D eigenvalue weighted by atomic mass is 10.1. The number of rotatable bonds is 2. The molecule has 0 unspecified atom stereocenters. The number of esters is 1. The minimum Gasteiger partial charge on any atom is -0.466 e. The Kier molecular flexibility index (Phi) is 3.45. The lowest BCUT2D eigenvalue weighted by Crippen LogP contribution is -1.93. The van der Waals surface area contributed by atoms with Crippen LogP contribution in [0.3, 0.4) is 0 Å². The van der Waals surface area contributed by atoms with Gasteiger partial charge in [0.1, 0.15) is 0 Å². The minimum absolute atomic E-state index is 0.394. The van der Waals surface area contributed by atoms with Gasteiger partial charge in [0.2, 0.25) is 0 Å². The quantitative estimate of drug-likeness (QED) is 0.523. The molecule has 3 nitrogen and oxygen atoms in total. The van der Waals surface area contributed by atoms with Crippen molar-refractivity contribution in [2.24, 2.45) is 0 Å². The largest absolute Gasteiger partial charge is 0.466 e. The van der Waals surface area contributed by atoms with Crippen molar-refractivity contribution in [2.75, 3.05) is 7.11 Å². The second-order valence-electron chi connectivity index (χ2n) is 2.59. The fraction of sp³-hybridized carbons (Fsp3) is 0.0909. The molecule has 3 heteroatoms. The molecule has 70 valence electrons. The van der Waals surface area contributed by atoms with Crippen LogP contribution >= 0.6 is 0 Å². The number of nitriles is 1. The molecule has 0 saturated heterocycles. The molecule has 0 aromatic heterocycles. The van der Waals surface area contributed by atoms with Gasteiger partial charge in [-0.1, -0.05) is 12.1 Å². The zero-order valence-corrected chi connectivity index (χ0v) is 7.73. The first-order chi connectivity index (χ1) is 6.76. The molecule has 0 aliphatic rings. The maximum absolute atomic E-state index is 10.7. The molecule has 0 N–H and O–H groups in total. The number of ether oxygens (including phenoxy) is 1. The van der Waals surface area contributed by atoms with Gasteiger partial charge in [0.05, 0.1) is 18.7 Å². The van der Waals surface area contributed by atoms with Crippen LogP contribution in [0.4, 0.5) is 0 Å². The molecule has 1 aromatic carbocycles. The third-order valence-corrected chi connectivity index (χ3v) is 1.65. The molecule has 0 heterocycles. The number of carbonyl (C=O) groups is 1. The van der Waals surface area contributed by atoms with Crippen LogP contribution in [0.1, 0.15) is 11.1 Å². The number of hydrogen-bond acceptors (Lipinski definition) is 3. The van der Waals surface area contributed by atoms with Gasteiger partial charge in [-0.3, -0.25) is 0 Å². The zero-order chi connectivity index (χ0) is 10.4. The van der Waals surface area contributed by atoms with Gasteiger partial charge in [0.25, 0.3) is 0 Å². The van der Waals surface area contributed by atoms with Crippen LogP contribution in [0.5, 0.6) is 0 Å². The maximum atomic E-state index is 10.7. The van der Waals surface area contributed by atoms with Crippen molar-refractivity contribution in [2.45, 2.75) is 0 Å². The Morgan fingerprint density at radius 2 is 2.07 bits per heavy atom. The van der Waals surface area contributed by atoms with Crippen LogP contribution in [0.15, 0.2) is 30.3 Å². The van der Waals surface area contributed by atoms with Gasteiger partial charge in [-0.05, 0) is 23.8 Å². The highest BCUT2D eigenvalue weighted by Gasteiger charge is 1.92. The molecule has 0 saturated carbocycles. The zero-order valence-electron chi connectivity index (χ0n) is 7.73. The summed E-state index contributed by atoms with van der Waals surface area (Å²) in [5.41, 5.74) is 1.45. The van der Waals surface area contributed by atoms with Gasteiger partial charge in [-0.2, -0.15) is 5.26 Å². The summed E-state index contributed by atoms with van der Waals surface area (Å²) >= 11 is 0. The summed E-state index contributed by atoms with van der Waals surface area (Å²) in [6.45, 7) is 0. The van der Waals surface area contributed by atoms with Gasteiger partial charge in [-0.25, -0.2) is 4.79 Å². The predicted molar refractivity (Wildman–Crippen MR) is 52.2 cm³/mol. The third-order valence-electron chi connectivity index (χ3n) is 1.65. The molecule has 0 amide bonds. The molecule has 0 bridgehead atoms. The Balaban J connectivity index is 2.74. The van der Waals surface area contributed by atoms with E-state index >= 15 is 0 Å². The summed E-state index contributed by atoms with van der Waals surface area (Å²) in [4.78, 5) is 10.7. The molecule has 0 radical (unpaired) electrons. The Morgan fingerprint density at radius 3 is 2.57 bits per heavy atom. The van der Waals surface area contributed by atoms with E-state index in [1.165, 1.54) is 13.2 Å². The van der Waals surface area contributed by atoms with Crippen LogP contribution in [0, 0.1) is 11.3 Å². The molecule has 0 fully saturated rings. The lowest BCUT2D eigenvalue weighted by molar-refractivity contribution is -0.134. The number of benzene rings is 1. The monoisotopic (exact) mass is 187 g/mol. The molecule has 1 rings (SSSR count). The highest BCUT2D eigenvalue weighted by atomic mass is 16.5. The second-order valence-corrected chi connectivity index (χ2v) is 2.59. The molecule has 0 aliphatic heterocycles. The number of hydrogen-bond donors (Lipinski definition) is 0. The van der Waals surface area contributed by atoms with Crippen molar-refractivity contribution in [3.8, 4) is 6.07 Å².